The van der Waals surface area contributed by atoms with Crippen molar-refractivity contribution in [2.24, 2.45) is 0 Å². The maximum Gasteiger partial charge on any atom is 0.411 e. The molecule has 0 spiro atoms. The molecular weight excluding hydrogens is 573 g/mol. The Kier molecular flexibility index (Phi) is 8.42. The molecule has 0 aromatic heterocycles. The Morgan fingerprint density at radius 1 is 0.955 bits per heavy atom. The van der Waals surface area contributed by atoms with Crippen LogP contribution >= 0.6 is 0 Å². The van der Waals surface area contributed by atoms with E-state index in [0.29, 0.717) is 65.7 Å². The van der Waals surface area contributed by atoms with Gasteiger partial charge in [0.25, 0.3) is 5.91 Å². The Hall–Kier alpha value is -4.97. The minimum atomic E-state index is -0.763. The van der Waals surface area contributed by atoms with E-state index in [1.165, 1.54) is 29.2 Å². The first-order chi connectivity index (χ1) is 21.3. The number of halogens is 1. The molecule has 2 fully saturated rings. The van der Waals surface area contributed by atoms with Crippen molar-refractivity contribution in [1.82, 2.24) is 10.2 Å². The quantitative estimate of drug-likeness (QED) is 0.355. The molecule has 0 aliphatic carbocycles. The summed E-state index contributed by atoms with van der Waals surface area (Å²) >= 11 is 0. The average molecular weight is 604 g/mol. The number of nitrogens with one attached hydrogen (secondary N) is 2. The number of carbonyl (C=O) groups excluding carboxylic acids is 4. The largest absolute Gasteiger partial charge is 0.489 e. The number of hydrogen-bond acceptors (Lipinski definition) is 8. The topological polar surface area (TPSA) is 132 Å². The van der Waals surface area contributed by atoms with Crippen LogP contribution in [0.25, 0.3) is 0 Å². The summed E-state index contributed by atoms with van der Waals surface area (Å²) in [4.78, 5) is 52.1. The molecule has 2 N–H and O–H groups in total. The van der Waals surface area contributed by atoms with Crippen LogP contribution in [0, 0.1) is 5.82 Å². The molecule has 0 bridgehead atoms. The molecule has 2 saturated heterocycles. The first kappa shape index (κ1) is 29.1. The van der Waals surface area contributed by atoms with Gasteiger partial charge in [0, 0.05) is 37.1 Å². The molecule has 44 heavy (non-hydrogen) atoms. The van der Waals surface area contributed by atoms with Crippen molar-refractivity contribution in [2.75, 3.05) is 18.5 Å². The molecule has 12 heteroatoms. The predicted molar refractivity (Wildman–Crippen MR) is 154 cm³/mol. The number of anilines is 1. The van der Waals surface area contributed by atoms with Crippen LogP contribution in [0.4, 0.5) is 14.9 Å². The standard InChI is InChI=1S/C32H30FN3O8/c33-21-3-7-23(8-4-21)43-24-9-5-22(6-10-24)34-32(40)42-18-20-2-1-19-17-36(26-11-12-27(37)35-30(26)38)31(39)28(19)29(20)44-25-13-15-41-16-14-25/h1-10,25-26H,11-18H2,(H,34,40)(H,35,37,38). The van der Waals surface area contributed by atoms with Crippen LogP contribution in [0.3, 0.4) is 0 Å². The van der Waals surface area contributed by atoms with Crippen molar-refractivity contribution in [1.29, 1.82) is 0 Å². The number of fused-ring (bicyclic) bond motifs is 1. The van der Waals surface area contributed by atoms with Crippen LogP contribution < -0.4 is 20.1 Å². The van der Waals surface area contributed by atoms with Crippen LogP contribution in [0.15, 0.2) is 60.7 Å². The van der Waals surface area contributed by atoms with Crippen LogP contribution in [0.1, 0.15) is 47.2 Å². The third-order valence-corrected chi connectivity index (χ3v) is 7.69. The number of benzene rings is 3. The maximum atomic E-state index is 13.7. The Morgan fingerprint density at radius 3 is 2.36 bits per heavy atom. The van der Waals surface area contributed by atoms with Gasteiger partial charge in [0.2, 0.25) is 11.8 Å². The molecule has 1 unspecified atom stereocenters. The van der Waals surface area contributed by atoms with E-state index in [2.05, 4.69) is 10.6 Å². The van der Waals surface area contributed by atoms with Gasteiger partial charge in [0.1, 0.15) is 41.8 Å². The first-order valence-electron chi connectivity index (χ1n) is 14.3. The Labute approximate surface area is 252 Å². The third-order valence-electron chi connectivity index (χ3n) is 7.69. The lowest BCUT2D eigenvalue weighted by molar-refractivity contribution is -0.136. The molecular formula is C32H30FN3O8. The highest BCUT2D eigenvalue weighted by atomic mass is 19.1. The zero-order valence-corrected chi connectivity index (χ0v) is 23.7. The first-order valence-corrected chi connectivity index (χ1v) is 14.3. The lowest BCUT2D eigenvalue weighted by Crippen LogP contribution is -2.52. The van der Waals surface area contributed by atoms with Gasteiger partial charge in [-0.15, -0.1) is 0 Å². The monoisotopic (exact) mass is 603 g/mol. The SMILES string of the molecule is O=C1CCC(N2Cc3ccc(COC(=O)Nc4ccc(Oc5ccc(F)cc5)cc4)c(OC4CCOCC4)c3C2=O)C(=O)N1. The van der Waals surface area contributed by atoms with E-state index in [9.17, 15) is 23.6 Å². The summed E-state index contributed by atoms with van der Waals surface area (Å²) in [7, 11) is 0. The van der Waals surface area contributed by atoms with Crippen molar-refractivity contribution >= 4 is 29.5 Å². The van der Waals surface area contributed by atoms with E-state index in [4.69, 9.17) is 18.9 Å². The molecule has 3 aliphatic rings. The summed E-state index contributed by atoms with van der Waals surface area (Å²) in [5.74, 6) is -0.290. The zero-order chi connectivity index (χ0) is 30.6. The van der Waals surface area contributed by atoms with Crippen LogP contribution in [0.2, 0.25) is 0 Å². The van der Waals surface area contributed by atoms with Crippen molar-refractivity contribution in [3.05, 3.63) is 83.2 Å². The molecule has 3 aliphatic heterocycles. The van der Waals surface area contributed by atoms with Crippen LogP contribution in [0.5, 0.6) is 17.2 Å². The second-order valence-electron chi connectivity index (χ2n) is 10.7. The minimum Gasteiger partial charge on any atom is -0.489 e. The molecule has 1 atom stereocenters. The fraction of sp³-hybridized carbons (Fsp3) is 0.312. The molecule has 3 aromatic carbocycles. The van der Waals surface area contributed by atoms with Crippen LogP contribution in [-0.4, -0.2) is 54.1 Å². The maximum absolute atomic E-state index is 13.7. The second kappa shape index (κ2) is 12.7. The summed E-state index contributed by atoms with van der Waals surface area (Å²) in [6.45, 7) is 1.08. The number of piperidine rings is 1. The van der Waals surface area contributed by atoms with Gasteiger partial charge >= 0.3 is 6.09 Å². The van der Waals surface area contributed by atoms with Gasteiger partial charge in [0.05, 0.1) is 18.8 Å². The normalized spacial score (nSPS) is 18.4. The van der Waals surface area contributed by atoms with Gasteiger partial charge in [-0.3, -0.25) is 25.0 Å². The lowest BCUT2D eigenvalue weighted by atomic mass is 10.0. The number of ether oxygens (including phenoxy) is 4. The van der Waals surface area contributed by atoms with E-state index < -0.39 is 18.0 Å². The van der Waals surface area contributed by atoms with Crippen LogP contribution in [-0.2, 0) is 32.2 Å². The lowest BCUT2D eigenvalue weighted by Gasteiger charge is -2.29. The third kappa shape index (κ3) is 6.50. The van der Waals surface area contributed by atoms with Crippen molar-refractivity contribution in [3.8, 4) is 17.2 Å². The van der Waals surface area contributed by atoms with Gasteiger partial charge < -0.3 is 23.8 Å². The molecule has 228 valence electrons. The number of imide groups is 1. The Bertz CT molecular complexity index is 1570. The highest BCUT2D eigenvalue weighted by molar-refractivity contribution is 6.06. The molecule has 3 aromatic rings. The van der Waals surface area contributed by atoms with E-state index >= 15 is 0 Å². The summed E-state index contributed by atoms with van der Waals surface area (Å²) in [5, 5.41) is 4.97. The van der Waals surface area contributed by atoms with Gasteiger partial charge in [0.15, 0.2) is 0 Å². The molecule has 3 heterocycles. The fourth-order valence-electron chi connectivity index (χ4n) is 5.41. The Morgan fingerprint density at radius 2 is 1.66 bits per heavy atom. The van der Waals surface area contributed by atoms with E-state index in [-0.39, 0.29) is 49.7 Å². The Balaban J connectivity index is 1.14. The molecule has 0 radical (unpaired) electrons. The fourth-order valence-corrected chi connectivity index (χ4v) is 5.41. The summed E-state index contributed by atoms with van der Waals surface area (Å²) in [6, 6.07) is 15.0. The molecule has 11 nitrogen and oxygen atoms in total. The second-order valence-corrected chi connectivity index (χ2v) is 10.7. The van der Waals surface area contributed by atoms with Gasteiger partial charge in [-0.05, 0) is 60.5 Å². The smallest absolute Gasteiger partial charge is 0.411 e. The molecule has 0 saturated carbocycles. The van der Waals surface area contributed by atoms with Gasteiger partial charge in [-0.1, -0.05) is 12.1 Å². The molecule has 4 amide bonds. The summed E-state index contributed by atoms with van der Waals surface area (Å²) in [6.07, 6.45) is 0.755. The van der Waals surface area contributed by atoms with E-state index in [1.807, 2.05) is 0 Å². The predicted octanol–water partition coefficient (Wildman–Crippen LogP) is 4.69. The number of rotatable bonds is 8. The van der Waals surface area contributed by atoms with Gasteiger partial charge in [-0.2, -0.15) is 0 Å². The summed E-state index contributed by atoms with van der Waals surface area (Å²) in [5.41, 5.74) is 1.99. The summed E-state index contributed by atoms with van der Waals surface area (Å²) < 4.78 is 36.1. The van der Waals surface area contributed by atoms with Gasteiger partial charge in [-0.25, -0.2) is 9.18 Å². The highest BCUT2D eigenvalue weighted by Gasteiger charge is 2.41. The van der Waals surface area contributed by atoms with E-state index in [1.54, 1.807) is 36.4 Å². The van der Waals surface area contributed by atoms with E-state index in [0.717, 1.165) is 0 Å². The number of hydrogen-bond donors (Lipinski definition) is 2. The highest BCUT2D eigenvalue weighted by Crippen LogP contribution is 2.38. The van der Waals surface area contributed by atoms with Crippen molar-refractivity contribution in [2.45, 2.75) is 51.0 Å². The van der Waals surface area contributed by atoms with Crippen molar-refractivity contribution in [3.63, 3.8) is 0 Å². The average Bonchev–Trinajstić information content (AvgIpc) is 3.35. The number of nitrogens with zero attached hydrogens (tertiary/aromatic N) is 1. The zero-order valence-electron chi connectivity index (χ0n) is 23.7. The number of amides is 4. The number of carbonyl (C=O) groups is 4. The molecule has 6 rings (SSSR count). The van der Waals surface area contributed by atoms with Crippen molar-refractivity contribution < 1.29 is 42.5 Å². The minimum absolute atomic E-state index is 0.153.